The van der Waals surface area contributed by atoms with Crippen molar-refractivity contribution >= 4 is 11.3 Å². The minimum absolute atomic E-state index is 0.105. The maximum Gasteiger partial charge on any atom is 0.119 e. The van der Waals surface area contributed by atoms with E-state index in [-0.39, 0.29) is 17.4 Å². The van der Waals surface area contributed by atoms with Crippen molar-refractivity contribution in [1.82, 2.24) is 10.2 Å². The first kappa shape index (κ1) is 34.4. The Balaban J connectivity index is 2.74. The van der Waals surface area contributed by atoms with Gasteiger partial charge in [-0.05, 0) is 98.3 Å². The first-order valence-electron chi connectivity index (χ1n) is 15.0. The van der Waals surface area contributed by atoms with E-state index in [1.807, 2.05) is 38.9 Å². The Morgan fingerprint density at radius 1 is 1.20 bits per heavy atom. The predicted molar refractivity (Wildman–Crippen MR) is 177 cm³/mol. The lowest BCUT2D eigenvalue weighted by Crippen LogP contribution is -2.55. The Morgan fingerprint density at radius 3 is 2.27 bits per heavy atom. The predicted octanol–water partition coefficient (Wildman–Crippen LogP) is 6.26. The van der Waals surface area contributed by atoms with Crippen molar-refractivity contribution < 1.29 is 10.2 Å². The van der Waals surface area contributed by atoms with Gasteiger partial charge in [-0.15, -0.1) is 0 Å². The largest absolute Gasteiger partial charge is 0.510 e. The van der Waals surface area contributed by atoms with Crippen molar-refractivity contribution in [3.8, 4) is 0 Å². The molecular formula is C35H56N4O2. The van der Waals surface area contributed by atoms with Crippen molar-refractivity contribution in [2.45, 2.75) is 79.0 Å². The Labute approximate surface area is 250 Å². The fraction of sp³-hybridized carbons (Fsp3) is 0.543. The van der Waals surface area contributed by atoms with Crippen molar-refractivity contribution in [2.24, 2.45) is 17.6 Å². The molecule has 0 spiro atoms. The number of nitrogens with two attached hydrogens (primary N) is 1. The molecule has 1 unspecified atom stereocenters. The molecule has 5 N–H and O–H groups in total. The van der Waals surface area contributed by atoms with Crippen molar-refractivity contribution in [1.29, 1.82) is 0 Å². The van der Waals surface area contributed by atoms with Gasteiger partial charge in [0.05, 0.1) is 6.04 Å². The number of anilines is 1. The van der Waals surface area contributed by atoms with E-state index in [2.05, 4.69) is 77.8 Å². The normalized spacial score (nSPS) is 22.3. The highest BCUT2D eigenvalue weighted by atomic mass is 16.3. The number of hydrogen-bond donors (Lipinski definition) is 4. The van der Waals surface area contributed by atoms with Crippen molar-refractivity contribution in [3.63, 3.8) is 0 Å². The monoisotopic (exact) mass is 564 g/mol. The molecule has 4 atom stereocenters. The Morgan fingerprint density at radius 2 is 1.80 bits per heavy atom. The third kappa shape index (κ3) is 6.66. The van der Waals surface area contributed by atoms with Crippen LogP contribution in [0, 0.1) is 18.8 Å². The number of aliphatic hydroxyl groups excluding tert-OH is 1. The standard InChI is InChI=1S/C35H56N4O2/c1-14-21(4)19-37-20-27-18-30(38(10)11)28(15-2)31(24(27)7)22(5)17-23(6)35(41)25(8)32(26(9)36)34(40)33(39(12)13)29(35)16-3/h17-18,21,29,33,37,40-41H,5,8-9,14-16,19-20,36H2,1-4,6-7,10-13H3/b23-17+/t21?,29-,33-,35-/m0/s1. The van der Waals surface area contributed by atoms with Crippen molar-refractivity contribution in [2.75, 3.05) is 39.6 Å². The van der Waals surface area contributed by atoms with Gasteiger partial charge in [0.15, 0.2) is 0 Å². The van der Waals surface area contributed by atoms with Crippen LogP contribution in [0.4, 0.5) is 5.69 Å². The maximum atomic E-state index is 12.5. The quantitative estimate of drug-likeness (QED) is 0.212. The van der Waals surface area contributed by atoms with Crippen LogP contribution in [0.3, 0.4) is 0 Å². The summed E-state index contributed by atoms with van der Waals surface area (Å²) < 4.78 is 0. The van der Waals surface area contributed by atoms with Gasteiger partial charge < -0.3 is 26.2 Å². The van der Waals surface area contributed by atoms with Crippen molar-refractivity contribution in [3.05, 3.63) is 82.3 Å². The topological polar surface area (TPSA) is 85.0 Å². The molecule has 0 bridgehead atoms. The molecule has 0 fully saturated rings. The molecule has 1 aromatic carbocycles. The van der Waals surface area contributed by atoms with Gasteiger partial charge in [-0.1, -0.05) is 59.9 Å². The smallest absolute Gasteiger partial charge is 0.119 e. The molecule has 0 amide bonds. The van der Waals surface area contributed by atoms with Crippen LogP contribution in [0.5, 0.6) is 0 Å². The molecule has 1 aromatic rings. The average molecular weight is 565 g/mol. The summed E-state index contributed by atoms with van der Waals surface area (Å²) in [4.78, 5) is 4.09. The number of nitrogens with zero attached hydrogens (tertiary/aromatic N) is 2. The zero-order valence-corrected chi connectivity index (χ0v) is 27.4. The highest BCUT2D eigenvalue weighted by molar-refractivity contribution is 5.82. The molecule has 0 heterocycles. The summed E-state index contributed by atoms with van der Waals surface area (Å²) in [6.07, 6.45) is 4.60. The lowest BCUT2D eigenvalue weighted by molar-refractivity contribution is -0.00116. The minimum atomic E-state index is -1.45. The summed E-state index contributed by atoms with van der Waals surface area (Å²) in [7, 11) is 7.95. The number of likely N-dealkylation sites (N-methyl/N-ethyl adjacent to an activating group) is 1. The van der Waals surface area contributed by atoms with Crippen LogP contribution < -0.4 is 16.0 Å². The van der Waals surface area contributed by atoms with Gasteiger partial charge in [0.25, 0.3) is 0 Å². The van der Waals surface area contributed by atoms with E-state index in [0.717, 1.165) is 37.1 Å². The van der Waals surface area contributed by atoms with E-state index in [0.29, 0.717) is 29.1 Å². The summed E-state index contributed by atoms with van der Waals surface area (Å²) in [6.45, 7) is 27.2. The third-order valence-electron chi connectivity index (χ3n) is 8.97. The second-order valence-electron chi connectivity index (χ2n) is 12.2. The fourth-order valence-electron chi connectivity index (χ4n) is 6.44. The molecule has 0 saturated carbocycles. The van der Waals surface area contributed by atoms with Crippen LogP contribution in [0.1, 0.15) is 69.7 Å². The van der Waals surface area contributed by atoms with Gasteiger partial charge in [-0.3, -0.25) is 4.90 Å². The summed E-state index contributed by atoms with van der Waals surface area (Å²) in [5, 5.41) is 27.4. The summed E-state index contributed by atoms with van der Waals surface area (Å²) >= 11 is 0. The third-order valence-corrected chi connectivity index (χ3v) is 8.97. The van der Waals surface area contributed by atoms with E-state index in [4.69, 9.17) is 5.73 Å². The van der Waals surface area contributed by atoms with Crippen LogP contribution in [0.25, 0.3) is 5.57 Å². The number of aliphatic hydroxyl groups is 2. The second kappa shape index (κ2) is 13.9. The number of allylic oxidation sites excluding steroid dienone is 3. The number of rotatable bonds is 13. The van der Waals surface area contributed by atoms with Crippen LogP contribution in [-0.2, 0) is 13.0 Å². The maximum absolute atomic E-state index is 12.5. The average Bonchev–Trinajstić information content (AvgIpc) is 2.89. The number of benzene rings is 1. The van der Waals surface area contributed by atoms with E-state index >= 15 is 0 Å². The number of nitrogens with one attached hydrogen (secondary N) is 1. The van der Waals surface area contributed by atoms with Crippen LogP contribution >= 0.6 is 0 Å². The lowest BCUT2D eigenvalue weighted by Gasteiger charge is -2.49. The van der Waals surface area contributed by atoms with Crippen LogP contribution in [0.2, 0.25) is 0 Å². The molecule has 6 nitrogen and oxygen atoms in total. The molecule has 1 aliphatic rings. The zero-order valence-electron chi connectivity index (χ0n) is 27.4. The molecule has 6 heteroatoms. The van der Waals surface area contributed by atoms with Crippen LogP contribution in [0.15, 0.2) is 60.1 Å². The molecule has 0 saturated heterocycles. The first-order chi connectivity index (χ1) is 19.1. The van der Waals surface area contributed by atoms with Crippen LogP contribution in [-0.4, -0.2) is 61.5 Å². The zero-order chi connectivity index (χ0) is 31.4. The number of hydrogen-bond acceptors (Lipinski definition) is 6. The highest BCUT2D eigenvalue weighted by Crippen LogP contribution is 2.49. The Kier molecular flexibility index (Phi) is 11.7. The SMILES string of the molecule is C=C(N)C1=C(O)[C@@H](N(C)C)[C@H](CC)[C@](O)(/C(C)=C/C(=C)c2c(C)c(CNCC(C)CC)cc(N(C)C)c2CC)C1=C. The first-order valence-corrected chi connectivity index (χ1v) is 15.0. The lowest BCUT2D eigenvalue weighted by atomic mass is 9.64. The molecule has 41 heavy (non-hydrogen) atoms. The van der Waals surface area contributed by atoms with E-state index in [1.54, 1.807) is 0 Å². The molecule has 0 radical (unpaired) electrons. The van der Waals surface area contributed by atoms with E-state index in [9.17, 15) is 10.2 Å². The minimum Gasteiger partial charge on any atom is -0.510 e. The Bertz CT molecular complexity index is 1220. The van der Waals surface area contributed by atoms with Gasteiger partial charge in [0.2, 0.25) is 0 Å². The Hall–Kier alpha value is -2.80. The van der Waals surface area contributed by atoms with Gasteiger partial charge in [0, 0.05) is 43.5 Å². The van der Waals surface area contributed by atoms with E-state index in [1.165, 1.54) is 22.4 Å². The fourth-order valence-corrected chi connectivity index (χ4v) is 6.44. The highest BCUT2D eigenvalue weighted by Gasteiger charge is 2.51. The van der Waals surface area contributed by atoms with Gasteiger partial charge >= 0.3 is 0 Å². The van der Waals surface area contributed by atoms with Gasteiger partial charge in [-0.2, -0.15) is 0 Å². The molecule has 0 aliphatic heterocycles. The molecule has 228 valence electrons. The van der Waals surface area contributed by atoms with Gasteiger partial charge in [-0.25, -0.2) is 0 Å². The molecular weight excluding hydrogens is 508 g/mol. The molecule has 2 rings (SSSR count). The second-order valence-corrected chi connectivity index (χ2v) is 12.2. The summed E-state index contributed by atoms with van der Waals surface area (Å²) in [5.41, 5.74) is 13.1. The van der Waals surface area contributed by atoms with E-state index < -0.39 is 11.6 Å². The van der Waals surface area contributed by atoms with Gasteiger partial charge in [0.1, 0.15) is 11.4 Å². The molecule has 1 aliphatic carbocycles. The summed E-state index contributed by atoms with van der Waals surface area (Å²) in [5.74, 6) is 0.369. The summed E-state index contributed by atoms with van der Waals surface area (Å²) in [6, 6.07) is 1.85. The molecule has 0 aromatic heterocycles.